The van der Waals surface area contributed by atoms with Gasteiger partial charge in [-0.3, -0.25) is 4.57 Å². The van der Waals surface area contributed by atoms with Crippen LogP contribution in [0.1, 0.15) is 11.8 Å². The lowest BCUT2D eigenvalue weighted by Gasteiger charge is -2.17. The van der Waals surface area contributed by atoms with Crippen LogP contribution in [0.4, 0.5) is 5.82 Å². The Kier molecular flexibility index (Phi) is 4.88. The number of hydrogen-bond donors (Lipinski definition) is 4. The minimum atomic E-state index is -1.32. The lowest BCUT2D eigenvalue weighted by molar-refractivity contribution is -0.0550. The predicted octanol–water partition coefficient (Wildman–Crippen LogP) is -1.83. The first-order valence-corrected chi connectivity index (χ1v) is 5.43. The first-order valence-electron chi connectivity index (χ1n) is 5.43. The van der Waals surface area contributed by atoms with Crippen molar-refractivity contribution in [2.75, 3.05) is 12.3 Å². The Hall–Kier alpha value is -1.19. The van der Waals surface area contributed by atoms with Crippen LogP contribution in [0, 0.1) is 6.92 Å². The summed E-state index contributed by atoms with van der Waals surface area (Å²) in [5.74, 6) is 0.1000. The molecule has 0 aliphatic carbocycles. The van der Waals surface area contributed by atoms with E-state index in [1.165, 1.54) is 6.20 Å². The molecule has 0 aromatic carbocycles. The van der Waals surface area contributed by atoms with E-state index in [1.54, 1.807) is 6.92 Å². The van der Waals surface area contributed by atoms with E-state index in [0.717, 1.165) is 4.57 Å². The Balaban J connectivity index is 0.00000180. The summed E-state index contributed by atoms with van der Waals surface area (Å²) in [5, 5.41) is 28.4. The van der Waals surface area contributed by atoms with E-state index in [2.05, 4.69) is 4.98 Å². The molecule has 2 heterocycles. The number of ether oxygens (including phenoxy) is 1. The number of nitrogens with zero attached hydrogens (tertiary/aromatic N) is 2. The number of aliphatic hydroxyl groups is 3. The third-order valence-corrected chi connectivity index (χ3v) is 2.97. The van der Waals surface area contributed by atoms with E-state index >= 15 is 0 Å². The van der Waals surface area contributed by atoms with Crippen LogP contribution in [0.25, 0.3) is 0 Å². The Morgan fingerprint density at radius 2 is 2.11 bits per heavy atom. The smallest absolute Gasteiger partial charge is 0.351 e. The van der Waals surface area contributed by atoms with E-state index in [0.29, 0.717) is 5.56 Å². The molecule has 2 rings (SSSR count). The van der Waals surface area contributed by atoms with Gasteiger partial charge in [0.1, 0.15) is 24.1 Å². The molecule has 1 unspecified atom stereocenters. The number of halogens is 1. The lowest BCUT2D eigenvalue weighted by atomic mass is 10.1. The fraction of sp³-hybridized carbons (Fsp3) is 0.600. The minimum absolute atomic E-state index is 0. The molecule has 1 aliphatic heterocycles. The largest absolute Gasteiger partial charge is 0.394 e. The SMILES string of the molecule is Cc1cn([C@@H]2O[C@H](CO)[C@H](O)C2O)c(=O)nc1N.Cl. The zero-order valence-electron chi connectivity index (χ0n) is 10.1. The topological polar surface area (TPSA) is 131 Å². The van der Waals surface area contributed by atoms with Gasteiger partial charge in [-0.2, -0.15) is 4.98 Å². The molecule has 0 radical (unpaired) electrons. The summed E-state index contributed by atoms with van der Waals surface area (Å²) in [6, 6.07) is 0. The standard InChI is InChI=1S/C10H15N3O5.ClH/c1-4-2-13(10(17)12-8(4)11)9-7(16)6(15)5(3-14)18-9;/h2,5-7,9,14-16H,3H2,1H3,(H2,11,12,17);1H/t5-,6+,7?,9-;/m1./s1. The van der Waals surface area contributed by atoms with Gasteiger partial charge in [0.25, 0.3) is 0 Å². The normalized spacial score (nSPS) is 30.1. The number of rotatable bonds is 2. The highest BCUT2D eigenvalue weighted by Gasteiger charge is 2.43. The second-order valence-electron chi connectivity index (χ2n) is 4.23. The first-order chi connectivity index (χ1) is 8.45. The van der Waals surface area contributed by atoms with Crippen LogP contribution in [-0.4, -0.2) is 49.8 Å². The molecule has 0 spiro atoms. The Morgan fingerprint density at radius 1 is 1.47 bits per heavy atom. The van der Waals surface area contributed by atoms with Gasteiger partial charge in [0, 0.05) is 11.8 Å². The molecule has 108 valence electrons. The molecule has 8 nitrogen and oxygen atoms in total. The zero-order valence-corrected chi connectivity index (χ0v) is 10.9. The van der Waals surface area contributed by atoms with Crippen LogP contribution >= 0.6 is 12.4 Å². The highest BCUT2D eigenvalue weighted by atomic mass is 35.5. The summed E-state index contributed by atoms with van der Waals surface area (Å²) in [7, 11) is 0. The fourth-order valence-corrected chi connectivity index (χ4v) is 1.87. The summed E-state index contributed by atoms with van der Waals surface area (Å²) in [6.07, 6.45) is -3.20. The van der Waals surface area contributed by atoms with Gasteiger partial charge in [0.15, 0.2) is 6.23 Å². The molecule has 1 aromatic rings. The van der Waals surface area contributed by atoms with Crippen LogP contribution in [0.3, 0.4) is 0 Å². The second-order valence-corrected chi connectivity index (χ2v) is 4.23. The van der Waals surface area contributed by atoms with Crippen molar-refractivity contribution >= 4 is 18.2 Å². The second kappa shape index (κ2) is 5.85. The average molecular weight is 294 g/mol. The molecular formula is C10H16ClN3O5. The highest BCUT2D eigenvalue weighted by Crippen LogP contribution is 2.28. The van der Waals surface area contributed by atoms with Crippen molar-refractivity contribution in [3.8, 4) is 0 Å². The van der Waals surface area contributed by atoms with Gasteiger partial charge in [0.05, 0.1) is 6.61 Å². The maximum atomic E-state index is 11.7. The summed E-state index contributed by atoms with van der Waals surface area (Å²) in [5.41, 5.74) is 5.35. The summed E-state index contributed by atoms with van der Waals surface area (Å²) in [4.78, 5) is 15.2. The van der Waals surface area contributed by atoms with Crippen LogP contribution in [0.2, 0.25) is 0 Å². The van der Waals surface area contributed by atoms with Gasteiger partial charge in [-0.05, 0) is 6.92 Å². The van der Waals surface area contributed by atoms with Gasteiger partial charge in [-0.15, -0.1) is 12.4 Å². The van der Waals surface area contributed by atoms with Crippen molar-refractivity contribution in [1.82, 2.24) is 9.55 Å². The molecule has 0 amide bonds. The van der Waals surface area contributed by atoms with Gasteiger partial charge in [-0.1, -0.05) is 0 Å². The lowest BCUT2D eigenvalue weighted by Crippen LogP contribution is -2.36. The number of nitrogens with two attached hydrogens (primary N) is 1. The molecule has 1 aromatic heterocycles. The van der Waals surface area contributed by atoms with Crippen molar-refractivity contribution in [3.05, 3.63) is 22.2 Å². The van der Waals surface area contributed by atoms with Crippen molar-refractivity contribution in [3.63, 3.8) is 0 Å². The molecule has 1 saturated heterocycles. The predicted molar refractivity (Wildman–Crippen MR) is 67.9 cm³/mol. The number of aryl methyl sites for hydroxylation is 1. The van der Waals surface area contributed by atoms with Gasteiger partial charge in [0.2, 0.25) is 0 Å². The van der Waals surface area contributed by atoms with Crippen LogP contribution in [-0.2, 0) is 4.74 Å². The van der Waals surface area contributed by atoms with Crippen molar-refractivity contribution in [2.45, 2.75) is 31.5 Å². The molecule has 0 saturated carbocycles. The minimum Gasteiger partial charge on any atom is -0.394 e. The van der Waals surface area contributed by atoms with Crippen molar-refractivity contribution < 1.29 is 20.1 Å². The van der Waals surface area contributed by atoms with Gasteiger partial charge < -0.3 is 25.8 Å². The Morgan fingerprint density at radius 3 is 2.63 bits per heavy atom. The maximum absolute atomic E-state index is 11.7. The number of anilines is 1. The summed E-state index contributed by atoms with van der Waals surface area (Å²) in [6.45, 7) is 1.20. The third-order valence-electron chi connectivity index (χ3n) is 2.97. The maximum Gasteiger partial charge on any atom is 0.351 e. The van der Waals surface area contributed by atoms with E-state index in [-0.39, 0.29) is 18.2 Å². The Bertz CT molecular complexity index is 508. The van der Waals surface area contributed by atoms with Crippen LogP contribution in [0.5, 0.6) is 0 Å². The molecule has 1 aliphatic rings. The summed E-state index contributed by atoms with van der Waals surface area (Å²) < 4.78 is 6.28. The van der Waals surface area contributed by atoms with Gasteiger partial charge >= 0.3 is 5.69 Å². The fourth-order valence-electron chi connectivity index (χ4n) is 1.87. The number of nitrogen functional groups attached to an aromatic ring is 1. The summed E-state index contributed by atoms with van der Waals surface area (Å²) >= 11 is 0. The van der Waals surface area contributed by atoms with Crippen molar-refractivity contribution in [1.29, 1.82) is 0 Å². The monoisotopic (exact) mass is 293 g/mol. The molecular weight excluding hydrogens is 278 g/mol. The van der Waals surface area contributed by atoms with Crippen molar-refractivity contribution in [2.24, 2.45) is 0 Å². The quantitative estimate of drug-likeness (QED) is 0.504. The van der Waals surface area contributed by atoms with E-state index < -0.39 is 36.8 Å². The third kappa shape index (κ3) is 2.72. The van der Waals surface area contributed by atoms with Crippen LogP contribution in [0.15, 0.2) is 11.0 Å². The number of aromatic nitrogens is 2. The van der Waals surface area contributed by atoms with E-state index in [4.69, 9.17) is 15.6 Å². The molecule has 5 N–H and O–H groups in total. The molecule has 19 heavy (non-hydrogen) atoms. The van der Waals surface area contributed by atoms with Crippen LogP contribution < -0.4 is 11.4 Å². The zero-order chi connectivity index (χ0) is 13.4. The molecule has 4 atom stereocenters. The van der Waals surface area contributed by atoms with Gasteiger partial charge in [-0.25, -0.2) is 4.79 Å². The van der Waals surface area contributed by atoms with E-state index in [9.17, 15) is 15.0 Å². The molecule has 9 heteroatoms. The molecule has 0 bridgehead atoms. The highest BCUT2D eigenvalue weighted by molar-refractivity contribution is 5.85. The first kappa shape index (κ1) is 15.9. The number of hydrogen-bond acceptors (Lipinski definition) is 7. The average Bonchev–Trinajstić information content (AvgIpc) is 2.61. The van der Waals surface area contributed by atoms with E-state index in [1.807, 2.05) is 0 Å². The number of aliphatic hydroxyl groups excluding tert-OH is 3. The Labute approximate surface area is 114 Å². The molecule has 1 fully saturated rings.